The van der Waals surface area contributed by atoms with Crippen molar-refractivity contribution in [3.8, 4) is 0 Å². The van der Waals surface area contributed by atoms with Gasteiger partial charge in [-0.25, -0.2) is 0 Å². The average molecular weight is 274 g/mol. The molecular formula is C15H18N2OS. The quantitative estimate of drug-likeness (QED) is 0.880. The van der Waals surface area contributed by atoms with Crippen molar-refractivity contribution < 1.29 is 4.79 Å². The molecule has 100 valence electrons. The topological polar surface area (TPSA) is 55.1 Å². The van der Waals surface area contributed by atoms with Crippen molar-refractivity contribution in [2.75, 3.05) is 0 Å². The fraction of sp³-hybridized carbons (Fsp3) is 0.267. The summed E-state index contributed by atoms with van der Waals surface area (Å²) in [6.45, 7) is 2.05. The number of carbonyl (C=O) groups is 1. The predicted molar refractivity (Wildman–Crippen MR) is 78.9 cm³/mol. The first kappa shape index (κ1) is 13.8. The Hall–Kier alpha value is -1.65. The fourth-order valence-corrected chi connectivity index (χ4v) is 2.80. The lowest BCUT2D eigenvalue weighted by Gasteiger charge is -2.19. The highest BCUT2D eigenvalue weighted by Crippen LogP contribution is 2.22. The smallest absolute Gasteiger partial charge is 0.242 e. The fourth-order valence-electron chi connectivity index (χ4n) is 1.94. The molecule has 2 atom stereocenters. The van der Waals surface area contributed by atoms with E-state index >= 15 is 0 Å². The van der Waals surface area contributed by atoms with Gasteiger partial charge >= 0.3 is 0 Å². The normalized spacial score (nSPS) is 13.8. The van der Waals surface area contributed by atoms with Crippen LogP contribution in [0.4, 0.5) is 0 Å². The molecule has 3 N–H and O–H groups in total. The first-order valence-electron chi connectivity index (χ1n) is 6.36. The molecule has 19 heavy (non-hydrogen) atoms. The Bertz CT molecular complexity index is 510. The minimum absolute atomic E-state index is 0.0438. The Morgan fingerprint density at radius 2 is 2.00 bits per heavy atom. The highest BCUT2D eigenvalue weighted by atomic mass is 32.1. The van der Waals surface area contributed by atoms with Crippen molar-refractivity contribution in [3.63, 3.8) is 0 Å². The van der Waals surface area contributed by atoms with Crippen LogP contribution in [0.5, 0.6) is 0 Å². The standard InChI is InChI=1S/C15H18N2OS/c1-2-12(13-9-6-10-19-13)17-15(18)14(16)11-7-4-3-5-8-11/h3-10,12,14H,2,16H2,1H3,(H,17,18)/t12?,14-/m1/s1. The van der Waals surface area contributed by atoms with Crippen LogP contribution in [0.2, 0.25) is 0 Å². The van der Waals surface area contributed by atoms with E-state index in [4.69, 9.17) is 5.73 Å². The minimum atomic E-state index is -0.616. The van der Waals surface area contributed by atoms with Gasteiger partial charge in [0.1, 0.15) is 6.04 Å². The van der Waals surface area contributed by atoms with Gasteiger partial charge in [-0.3, -0.25) is 4.79 Å². The molecule has 0 bridgehead atoms. The largest absolute Gasteiger partial charge is 0.347 e. The van der Waals surface area contributed by atoms with Crippen LogP contribution in [0.1, 0.15) is 35.9 Å². The molecule has 1 aromatic heterocycles. The van der Waals surface area contributed by atoms with E-state index in [1.807, 2.05) is 47.8 Å². The van der Waals surface area contributed by atoms with Crippen LogP contribution < -0.4 is 11.1 Å². The summed E-state index contributed by atoms with van der Waals surface area (Å²) in [5, 5.41) is 5.03. The summed E-state index contributed by atoms with van der Waals surface area (Å²) in [5.41, 5.74) is 6.82. The molecule has 3 nitrogen and oxygen atoms in total. The number of rotatable bonds is 5. The zero-order valence-electron chi connectivity index (χ0n) is 10.9. The highest BCUT2D eigenvalue weighted by Gasteiger charge is 2.19. The second kappa shape index (κ2) is 6.50. The Kier molecular flexibility index (Phi) is 4.71. The lowest BCUT2D eigenvalue weighted by Crippen LogP contribution is -2.36. The summed E-state index contributed by atoms with van der Waals surface area (Å²) in [5.74, 6) is -0.133. The number of amides is 1. The average Bonchev–Trinajstić information content (AvgIpc) is 2.98. The molecule has 0 aliphatic rings. The van der Waals surface area contributed by atoms with E-state index in [0.717, 1.165) is 16.9 Å². The number of hydrogen-bond donors (Lipinski definition) is 2. The lowest BCUT2D eigenvalue weighted by atomic mass is 10.1. The maximum Gasteiger partial charge on any atom is 0.242 e. The molecule has 4 heteroatoms. The molecule has 0 saturated heterocycles. The molecule has 1 aromatic carbocycles. The number of benzene rings is 1. The Morgan fingerprint density at radius 1 is 1.26 bits per heavy atom. The zero-order valence-corrected chi connectivity index (χ0v) is 11.7. The van der Waals surface area contributed by atoms with Crippen LogP contribution >= 0.6 is 11.3 Å². The van der Waals surface area contributed by atoms with Gasteiger partial charge in [-0.1, -0.05) is 43.3 Å². The molecule has 0 spiro atoms. The second-order valence-electron chi connectivity index (χ2n) is 4.37. The van der Waals surface area contributed by atoms with Crippen molar-refractivity contribution in [3.05, 3.63) is 58.3 Å². The minimum Gasteiger partial charge on any atom is -0.347 e. The highest BCUT2D eigenvalue weighted by molar-refractivity contribution is 7.10. The zero-order chi connectivity index (χ0) is 13.7. The summed E-state index contributed by atoms with van der Waals surface area (Å²) in [6.07, 6.45) is 0.855. The maximum atomic E-state index is 12.2. The van der Waals surface area contributed by atoms with Gasteiger partial charge in [-0.2, -0.15) is 0 Å². The van der Waals surface area contributed by atoms with E-state index < -0.39 is 6.04 Å². The van der Waals surface area contributed by atoms with Gasteiger partial charge in [0.25, 0.3) is 0 Å². The van der Waals surface area contributed by atoms with Crippen molar-refractivity contribution in [2.24, 2.45) is 5.73 Å². The second-order valence-corrected chi connectivity index (χ2v) is 5.35. The molecule has 0 aliphatic heterocycles. The number of nitrogens with two attached hydrogens (primary N) is 1. The third-order valence-electron chi connectivity index (χ3n) is 3.05. The third kappa shape index (κ3) is 3.43. The molecular weight excluding hydrogens is 256 g/mol. The van der Waals surface area contributed by atoms with Gasteiger partial charge in [0.05, 0.1) is 6.04 Å². The molecule has 0 aliphatic carbocycles. The van der Waals surface area contributed by atoms with Crippen LogP contribution in [-0.2, 0) is 4.79 Å². The Morgan fingerprint density at radius 3 is 2.58 bits per heavy atom. The van der Waals surface area contributed by atoms with E-state index in [0.29, 0.717) is 0 Å². The van der Waals surface area contributed by atoms with E-state index in [9.17, 15) is 4.79 Å². The lowest BCUT2D eigenvalue weighted by molar-refractivity contribution is -0.123. The predicted octanol–water partition coefficient (Wildman–Crippen LogP) is 3.02. The van der Waals surface area contributed by atoms with Gasteiger partial charge in [-0.15, -0.1) is 11.3 Å². The van der Waals surface area contributed by atoms with Crippen LogP contribution in [-0.4, -0.2) is 5.91 Å². The first-order chi connectivity index (χ1) is 9.22. The number of carbonyl (C=O) groups excluding carboxylic acids is 1. The van der Waals surface area contributed by atoms with Gasteiger partial charge in [0.2, 0.25) is 5.91 Å². The maximum absolute atomic E-state index is 12.2. The Labute approximate surface area is 117 Å². The van der Waals surface area contributed by atoms with Crippen LogP contribution in [0.3, 0.4) is 0 Å². The van der Waals surface area contributed by atoms with Crippen molar-refractivity contribution in [2.45, 2.75) is 25.4 Å². The summed E-state index contributed by atoms with van der Waals surface area (Å²) in [7, 11) is 0. The van der Waals surface area contributed by atoms with E-state index in [1.54, 1.807) is 11.3 Å². The molecule has 0 saturated carbocycles. The van der Waals surface area contributed by atoms with Gasteiger partial charge < -0.3 is 11.1 Å². The SMILES string of the molecule is CCC(NC(=O)[C@H](N)c1ccccc1)c1cccs1. The third-order valence-corrected chi connectivity index (χ3v) is 4.04. The molecule has 0 radical (unpaired) electrons. The molecule has 1 amide bonds. The number of hydrogen-bond acceptors (Lipinski definition) is 3. The Balaban J connectivity index is 2.04. The van der Waals surface area contributed by atoms with E-state index in [1.165, 1.54) is 0 Å². The van der Waals surface area contributed by atoms with Crippen LogP contribution in [0, 0.1) is 0 Å². The van der Waals surface area contributed by atoms with Gasteiger partial charge in [-0.05, 0) is 23.4 Å². The van der Waals surface area contributed by atoms with E-state index in [-0.39, 0.29) is 11.9 Å². The first-order valence-corrected chi connectivity index (χ1v) is 7.24. The molecule has 0 fully saturated rings. The van der Waals surface area contributed by atoms with Crippen LogP contribution in [0.25, 0.3) is 0 Å². The summed E-state index contributed by atoms with van der Waals surface area (Å²) >= 11 is 1.65. The number of nitrogens with one attached hydrogen (secondary N) is 1. The van der Waals surface area contributed by atoms with E-state index in [2.05, 4.69) is 12.2 Å². The van der Waals surface area contributed by atoms with Crippen molar-refractivity contribution >= 4 is 17.2 Å². The molecule has 2 rings (SSSR count). The van der Waals surface area contributed by atoms with Crippen LogP contribution in [0.15, 0.2) is 47.8 Å². The molecule has 1 heterocycles. The molecule has 1 unspecified atom stereocenters. The van der Waals surface area contributed by atoms with Gasteiger partial charge in [0, 0.05) is 4.88 Å². The van der Waals surface area contributed by atoms with Gasteiger partial charge in [0.15, 0.2) is 0 Å². The summed E-state index contributed by atoms with van der Waals surface area (Å²) in [4.78, 5) is 13.3. The summed E-state index contributed by atoms with van der Waals surface area (Å²) in [6, 6.07) is 12.9. The monoisotopic (exact) mass is 274 g/mol. The number of thiophene rings is 1. The van der Waals surface area contributed by atoms with Crippen molar-refractivity contribution in [1.29, 1.82) is 0 Å². The molecule has 2 aromatic rings. The van der Waals surface area contributed by atoms with Crippen molar-refractivity contribution in [1.82, 2.24) is 5.32 Å². The summed E-state index contributed by atoms with van der Waals surface area (Å²) < 4.78 is 0.